The summed E-state index contributed by atoms with van der Waals surface area (Å²) in [5.41, 5.74) is 8.18. The SMILES string of the molecule is CCOCC1CCCCN1C(=O)CN=[N+]=[N-]. The lowest BCUT2D eigenvalue weighted by atomic mass is 10.0. The lowest BCUT2D eigenvalue weighted by molar-refractivity contribution is -0.134. The second-order valence-electron chi connectivity index (χ2n) is 3.79. The highest BCUT2D eigenvalue weighted by Crippen LogP contribution is 2.17. The van der Waals surface area contributed by atoms with Crippen molar-refractivity contribution in [2.45, 2.75) is 32.2 Å². The molecule has 1 amide bonds. The van der Waals surface area contributed by atoms with Gasteiger partial charge in [-0.15, -0.1) is 0 Å². The zero-order valence-electron chi connectivity index (χ0n) is 9.63. The highest BCUT2D eigenvalue weighted by molar-refractivity contribution is 5.78. The van der Waals surface area contributed by atoms with Crippen molar-refractivity contribution in [1.29, 1.82) is 0 Å². The molecular weight excluding hydrogens is 208 g/mol. The standard InChI is InChI=1S/C10H18N4O2/c1-2-16-8-9-5-3-4-6-14(9)10(15)7-12-13-11/h9H,2-8H2,1H3. The maximum absolute atomic E-state index is 11.7. The highest BCUT2D eigenvalue weighted by atomic mass is 16.5. The molecule has 1 aliphatic rings. The summed E-state index contributed by atoms with van der Waals surface area (Å²) in [5, 5.41) is 3.31. The molecule has 6 heteroatoms. The third-order valence-electron chi connectivity index (χ3n) is 2.73. The van der Waals surface area contributed by atoms with Crippen LogP contribution in [0.2, 0.25) is 0 Å². The fourth-order valence-electron chi connectivity index (χ4n) is 1.94. The van der Waals surface area contributed by atoms with Gasteiger partial charge in [0.2, 0.25) is 5.91 Å². The lowest BCUT2D eigenvalue weighted by Crippen LogP contribution is -2.47. The summed E-state index contributed by atoms with van der Waals surface area (Å²) in [4.78, 5) is 16.1. The van der Waals surface area contributed by atoms with Gasteiger partial charge in [0.25, 0.3) is 0 Å². The predicted octanol–water partition coefficient (Wildman–Crippen LogP) is 1.71. The molecule has 0 saturated carbocycles. The van der Waals surface area contributed by atoms with Gasteiger partial charge in [-0.2, -0.15) is 0 Å². The van der Waals surface area contributed by atoms with Gasteiger partial charge in [0.05, 0.1) is 12.6 Å². The van der Waals surface area contributed by atoms with Gasteiger partial charge in [0.15, 0.2) is 0 Å². The number of rotatable bonds is 5. The molecule has 1 saturated heterocycles. The van der Waals surface area contributed by atoms with Gasteiger partial charge >= 0.3 is 0 Å². The van der Waals surface area contributed by atoms with Crippen LogP contribution in [0.1, 0.15) is 26.2 Å². The second-order valence-corrected chi connectivity index (χ2v) is 3.79. The fourth-order valence-corrected chi connectivity index (χ4v) is 1.94. The Hall–Kier alpha value is -1.26. The van der Waals surface area contributed by atoms with Gasteiger partial charge in [0.1, 0.15) is 6.54 Å². The number of azide groups is 1. The van der Waals surface area contributed by atoms with Crippen LogP contribution in [0.4, 0.5) is 0 Å². The molecule has 90 valence electrons. The van der Waals surface area contributed by atoms with E-state index in [2.05, 4.69) is 10.0 Å². The zero-order chi connectivity index (χ0) is 11.8. The van der Waals surface area contributed by atoms with Gasteiger partial charge in [-0.25, -0.2) is 0 Å². The second kappa shape index (κ2) is 7.09. The van der Waals surface area contributed by atoms with E-state index in [0.717, 1.165) is 25.8 Å². The van der Waals surface area contributed by atoms with Gasteiger partial charge in [-0.1, -0.05) is 5.11 Å². The van der Waals surface area contributed by atoms with E-state index in [1.165, 1.54) is 0 Å². The summed E-state index contributed by atoms with van der Waals surface area (Å²) in [7, 11) is 0. The van der Waals surface area contributed by atoms with Crippen LogP contribution >= 0.6 is 0 Å². The van der Waals surface area contributed by atoms with E-state index in [1.54, 1.807) is 4.90 Å². The highest BCUT2D eigenvalue weighted by Gasteiger charge is 2.25. The smallest absolute Gasteiger partial charge is 0.228 e. The first-order chi connectivity index (χ1) is 7.79. The number of amides is 1. The van der Waals surface area contributed by atoms with Crippen molar-refractivity contribution in [1.82, 2.24) is 4.90 Å². The maximum Gasteiger partial charge on any atom is 0.228 e. The average molecular weight is 226 g/mol. The molecule has 0 spiro atoms. The predicted molar refractivity (Wildman–Crippen MR) is 59.9 cm³/mol. The number of piperidine rings is 1. The average Bonchev–Trinajstić information content (AvgIpc) is 2.33. The molecule has 6 nitrogen and oxygen atoms in total. The Morgan fingerprint density at radius 2 is 2.44 bits per heavy atom. The number of hydrogen-bond acceptors (Lipinski definition) is 3. The maximum atomic E-state index is 11.7. The van der Waals surface area contributed by atoms with Crippen LogP contribution in [-0.4, -0.2) is 43.2 Å². The Labute approximate surface area is 95.2 Å². The molecule has 1 atom stereocenters. The monoisotopic (exact) mass is 226 g/mol. The number of ether oxygens (including phenoxy) is 1. The molecular formula is C10H18N4O2. The van der Waals surface area contributed by atoms with E-state index in [9.17, 15) is 4.79 Å². The van der Waals surface area contributed by atoms with Gasteiger partial charge < -0.3 is 9.64 Å². The normalized spacial score (nSPS) is 20.3. The minimum Gasteiger partial charge on any atom is -0.380 e. The summed E-state index contributed by atoms with van der Waals surface area (Å²) in [5.74, 6) is -0.0952. The van der Waals surface area contributed by atoms with Crippen LogP contribution in [0, 0.1) is 0 Å². The van der Waals surface area contributed by atoms with Crippen LogP contribution in [0.15, 0.2) is 5.11 Å². The first kappa shape index (κ1) is 12.8. The Morgan fingerprint density at radius 3 is 3.12 bits per heavy atom. The molecule has 0 aromatic carbocycles. The van der Waals surface area contributed by atoms with Crippen LogP contribution < -0.4 is 0 Å². The summed E-state index contributed by atoms with van der Waals surface area (Å²) in [6.07, 6.45) is 3.12. The van der Waals surface area contributed by atoms with E-state index < -0.39 is 0 Å². The number of carbonyl (C=O) groups is 1. The Kier molecular flexibility index (Phi) is 5.67. The van der Waals surface area contributed by atoms with Crippen molar-refractivity contribution in [3.8, 4) is 0 Å². The van der Waals surface area contributed by atoms with Crippen LogP contribution in [0.25, 0.3) is 10.4 Å². The van der Waals surface area contributed by atoms with Crippen molar-refractivity contribution in [3.05, 3.63) is 10.4 Å². The molecule has 0 bridgehead atoms. The van der Waals surface area contributed by atoms with Crippen LogP contribution in [-0.2, 0) is 9.53 Å². The van der Waals surface area contributed by atoms with Crippen molar-refractivity contribution in [2.75, 3.05) is 26.3 Å². The molecule has 16 heavy (non-hydrogen) atoms. The Bertz CT molecular complexity index is 276. The van der Waals surface area contributed by atoms with Gasteiger partial charge in [0, 0.05) is 18.1 Å². The minimum absolute atomic E-state index is 0.0842. The van der Waals surface area contributed by atoms with E-state index >= 15 is 0 Å². The lowest BCUT2D eigenvalue weighted by Gasteiger charge is -2.35. The summed E-state index contributed by atoms with van der Waals surface area (Å²) in [6.45, 7) is 3.85. The van der Waals surface area contributed by atoms with Gasteiger partial charge in [-0.05, 0) is 31.7 Å². The number of hydrogen-bond donors (Lipinski definition) is 0. The number of carbonyl (C=O) groups excluding carboxylic acids is 1. The van der Waals surface area contributed by atoms with E-state index in [-0.39, 0.29) is 18.5 Å². The minimum atomic E-state index is -0.0952. The zero-order valence-corrected chi connectivity index (χ0v) is 9.63. The summed E-state index contributed by atoms with van der Waals surface area (Å²) < 4.78 is 5.36. The summed E-state index contributed by atoms with van der Waals surface area (Å²) in [6, 6.07) is 0.148. The number of nitrogens with zero attached hydrogens (tertiary/aromatic N) is 4. The molecule has 1 unspecified atom stereocenters. The van der Waals surface area contributed by atoms with E-state index in [1.807, 2.05) is 6.92 Å². The Morgan fingerprint density at radius 1 is 1.62 bits per heavy atom. The van der Waals surface area contributed by atoms with Crippen molar-refractivity contribution >= 4 is 5.91 Å². The van der Waals surface area contributed by atoms with Gasteiger partial charge in [-0.3, -0.25) is 4.79 Å². The molecule has 0 aliphatic carbocycles. The van der Waals surface area contributed by atoms with Crippen molar-refractivity contribution in [3.63, 3.8) is 0 Å². The molecule has 1 rings (SSSR count). The van der Waals surface area contributed by atoms with Crippen molar-refractivity contribution in [2.24, 2.45) is 5.11 Å². The quantitative estimate of drug-likeness (QED) is 0.406. The molecule has 0 aromatic rings. The summed E-state index contributed by atoms with van der Waals surface area (Å²) >= 11 is 0. The van der Waals surface area contributed by atoms with Crippen LogP contribution in [0.5, 0.6) is 0 Å². The molecule has 0 aromatic heterocycles. The largest absolute Gasteiger partial charge is 0.380 e. The third-order valence-corrected chi connectivity index (χ3v) is 2.73. The molecule has 0 N–H and O–H groups in total. The molecule has 1 aliphatic heterocycles. The Balaban J connectivity index is 2.51. The molecule has 1 heterocycles. The first-order valence-electron chi connectivity index (χ1n) is 5.67. The molecule has 1 fully saturated rings. The number of likely N-dealkylation sites (tertiary alicyclic amines) is 1. The fraction of sp³-hybridized carbons (Fsp3) is 0.900. The third kappa shape index (κ3) is 3.72. The topological polar surface area (TPSA) is 78.3 Å². The van der Waals surface area contributed by atoms with Crippen molar-refractivity contribution < 1.29 is 9.53 Å². The van der Waals surface area contributed by atoms with Crippen LogP contribution in [0.3, 0.4) is 0 Å². The molecule has 0 radical (unpaired) electrons. The van der Waals surface area contributed by atoms with E-state index in [0.29, 0.717) is 13.2 Å². The first-order valence-corrected chi connectivity index (χ1v) is 5.67. The van der Waals surface area contributed by atoms with E-state index in [4.69, 9.17) is 10.3 Å².